The molecule has 0 aliphatic rings. The van der Waals surface area contributed by atoms with Crippen molar-refractivity contribution in [1.29, 1.82) is 0 Å². The Kier molecular flexibility index (Phi) is 8.19. The van der Waals surface area contributed by atoms with E-state index < -0.39 is 21.8 Å². The molecular formula is C20H22ClFN2O5S. The molecule has 162 valence electrons. The molecule has 1 amide bonds. The molecule has 0 saturated heterocycles. The lowest BCUT2D eigenvalue weighted by atomic mass is 10.2. The van der Waals surface area contributed by atoms with Crippen LogP contribution in [0.4, 0.5) is 15.8 Å². The zero-order valence-electron chi connectivity index (χ0n) is 16.5. The van der Waals surface area contributed by atoms with Gasteiger partial charge in [-0.2, -0.15) is 0 Å². The number of anilines is 2. The van der Waals surface area contributed by atoms with E-state index in [9.17, 15) is 22.4 Å². The van der Waals surface area contributed by atoms with E-state index in [1.165, 1.54) is 36.4 Å². The number of nitrogens with one attached hydrogen (secondary N) is 1. The first-order chi connectivity index (χ1) is 14.1. The van der Waals surface area contributed by atoms with Gasteiger partial charge in [0.15, 0.2) is 0 Å². The lowest BCUT2D eigenvalue weighted by molar-refractivity contribution is -0.116. The molecule has 0 spiro atoms. The Labute approximate surface area is 179 Å². The number of carbonyl (C=O) groups is 2. The molecule has 0 radical (unpaired) electrons. The van der Waals surface area contributed by atoms with E-state index in [2.05, 4.69) is 5.32 Å². The highest BCUT2D eigenvalue weighted by Crippen LogP contribution is 2.22. The van der Waals surface area contributed by atoms with Gasteiger partial charge in [0, 0.05) is 18.7 Å². The largest absolute Gasteiger partial charge is 0.462 e. The average Bonchev–Trinajstić information content (AvgIpc) is 2.67. The normalized spacial score (nSPS) is 11.1. The molecule has 0 unspecified atom stereocenters. The van der Waals surface area contributed by atoms with Crippen LogP contribution in [0.25, 0.3) is 0 Å². The second-order valence-electron chi connectivity index (χ2n) is 6.38. The lowest BCUT2D eigenvalue weighted by Gasteiger charge is -2.22. The minimum Gasteiger partial charge on any atom is -0.462 e. The van der Waals surface area contributed by atoms with Crippen molar-refractivity contribution >= 4 is 44.9 Å². The second-order valence-corrected chi connectivity index (χ2v) is 8.69. The van der Waals surface area contributed by atoms with E-state index in [-0.39, 0.29) is 42.5 Å². The van der Waals surface area contributed by atoms with Crippen LogP contribution in [0.1, 0.15) is 30.1 Å². The maximum atomic E-state index is 13.1. The van der Waals surface area contributed by atoms with Crippen molar-refractivity contribution in [2.75, 3.05) is 29.0 Å². The summed E-state index contributed by atoms with van der Waals surface area (Å²) in [7, 11) is -3.60. The topological polar surface area (TPSA) is 92.8 Å². The molecule has 1 N–H and O–H groups in total. The third-order valence-corrected chi connectivity index (χ3v) is 5.55. The van der Waals surface area contributed by atoms with Crippen LogP contribution in [0.3, 0.4) is 0 Å². The number of sulfonamides is 1. The van der Waals surface area contributed by atoms with Gasteiger partial charge in [0.25, 0.3) is 0 Å². The van der Waals surface area contributed by atoms with Gasteiger partial charge in [-0.1, -0.05) is 11.6 Å². The molecule has 7 nitrogen and oxygen atoms in total. The van der Waals surface area contributed by atoms with Crippen LogP contribution in [-0.4, -0.2) is 39.7 Å². The third-order valence-electron chi connectivity index (χ3n) is 4.03. The van der Waals surface area contributed by atoms with E-state index in [1.54, 1.807) is 13.0 Å². The van der Waals surface area contributed by atoms with Gasteiger partial charge in [-0.3, -0.25) is 9.10 Å². The first kappa shape index (κ1) is 23.6. The minimum absolute atomic E-state index is 0.0323. The zero-order chi connectivity index (χ0) is 22.3. The fourth-order valence-electron chi connectivity index (χ4n) is 2.67. The van der Waals surface area contributed by atoms with Crippen LogP contribution in [0.2, 0.25) is 5.02 Å². The predicted molar refractivity (Wildman–Crippen MR) is 114 cm³/mol. The van der Waals surface area contributed by atoms with Gasteiger partial charge in [0.1, 0.15) is 5.82 Å². The van der Waals surface area contributed by atoms with Gasteiger partial charge in [-0.05, 0) is 55.8 Å². The number of halogens is 2. The first-order valence-electron chi connectivity index (χ1n) is 9.11. The Morgan fingerprint density at radius 1 is 1.17 bits per heavy atom. The number of rotatable bonds is 9. The SMILES string of the molecule is CCOC(=O)c1cc(NC(=O)CCCN(c2ccc(F)cc2)S(C)(=O)=O)ccc1Cl. The Hall–Kier alpha value is -2.65. The number of ether oxygens (including phenoxy) is 1. The minimum atomic E-state index is -3.60. The molecule has 0 atom stereocenters. The molecule has 0 heterocycles. The van der Waals surface area contributed by atoms with Gasteiger partial charge in [0.2, 0.25) is 15.9 Å². The number of hydrogen-bond acceptors (Lipinski definition) is 5. The Balaban J connectivity index is 1.99. The van der Waals surface area contributed by atoms with Crippen LogP contribution in [0, 0.1) is 5.82 Å². The number of amides is 1. The fourth-order valence-corrected chi connectivity index (χ4v) is 3.83. The molecular weight excluding hydrogens is 435 g/mol. The van der Waals surface area contributed by atoms with Crippen molar-refractivity contribution in [3.63, 3.8) is 0 Å². The molecule has 2 aromatic carbocycles. The average molecular weight is 457 g/mol. The first-order valence-corrected chi connectivity index (χ1v) is 11.3. The number of benzene rings is 2. The Morgan fingerprint density at radius 2 is 1.83 bits per heavy atom. The van der Waals surface area contributed by atoms with Crippen LogP contribution >= 0.6 is 11.6 Å². The molecule has 2 rings (SSSR count). The fraction of sp³-hybridized carbons (Fsp3) is 0.300. The quantitative estimate of drug-likeness (QED) is 0.579. The van der Waals surface area contributed by atoms with Crippen molar-refractivity contribution in [3.8, 4) is 0 Å². The molecule has 0 saturated carbocycles. The van der Waals surface area contributed by atoms with Crippen LogP contribution in [0.5, 0.6) is 0 Å². The third kappa shape index (κ3) is 6.70. The Bertz CT molecular complexity index is 1010. The summed E-state index contributed by atoms with van der Waals surface area (Å²) in [5.41, 5.74) is 0.818. The van der Waals surface area contributed by atoms with Gasteiger partial charge in [-0.25, -0.2) is 17.6 Å². The number of carbonyl (C=O) groups excluding carboxylic acids is 2. The van der Waals surface area contributed by atoms with Crippen molar-refractivity contribution in [3.05, 3.63) is 58.9 Å². The predicted octanol–water partition coefficient (Wildman–Crippen LogP) is 3.84. The molecule has 0 aliphatic heterocycles. The van der Waals surface area contributed by atoms with E-state index in [0.29, 0.717) is 11.4 Å². The number of hydrogen-bond donors (Lipinski definition) is 1. The highest BCUT2D eigenvalue weighted by atomic mass is 35.5. The molecule has 2 aromatic rings. The molecule has 0 aliphatic carbocycles. The molecule has 0 bridgehead atoms. The number of esters is 1. The summed E-state index contributed by atoms with van der Waals surface area (Å²) in [6, 6.07) is 9.50. The van der Waals surface area contributed by atoms with Gasteiger partial charge >= 0.3 is 5.97 Å². The summed E-state index contributed by atoms with van der Waals surface area (Å²) >= 11 is 5.99. The molecule has 30 heavy (non-hydrogen) atoms. The summed E-state index contributed by atoms with van der Waals surface area (Å²) in [6.45, 7) is 1.91. The van der Waals surface area contributed by atoms with Gasteiger partial charge < -0.3 is 10.1 Å². The smallest absolute Gasteiger partial charge is 0.339 e. The Morgan fingerprint density at radius 3 is 2.43 bits per heavy atom. The summed E-state index contributed by atoms with van der Waals surface area (Å²) in [4.78, 5) is 24.1. The van der Waals surface area contributed by atoms with Crippen LogP contribution < -0.4 is 9.62 Å². The zero-order valence-corrected chi connectivity index (χ0v) is 18.1. The number of nitrogens with zero attached hydrogens (tertiary/aromatic N) is 1. The van der Waals surface area contributed by atoms with Crippen molar-refractivity contribution in [2.24, 2.45) is 0 Å². The second kappa shape index (κ2) is 10.4. The monoisotopic (exact) mass is 456 g/mol. The maximum Gasteiger partial charge on any atom is 0.339 e. The van der Waals surface area contributed by atoms with Crippen LogP contribution in [0.15, 0.2) is 42.5 Å². The maximum absolute atomic E-state index is 13.1. The van der Waals surface area contributed by atoms with E-state index in [0.717, 1.165) is 10.6 Å². The highest BCUT2D eigenvalue weighted by Gasteiger charge is 2.18. The van der Waals surface area contributed by atoms with E-state index in [4.69, 9.17) is 16.3 Å². The standard InChI is InChI=1S/C20H22ClFN2O5S/c1-3-29-20(26)17-13-15(8-11-18(17)21)23-19(25)5-4-12-24(30(2,27)28)16-9-6-14(22)7-10-16/h6-11,13H,3-5,12H2,1-2H3,(H,23,25). The summed E-state index contributed by atoms with van der Waals surface area (Å²) < 4.78 is 43.2. The molecule has 0 aromatic heterocycles. The van der Waals surface area contributed by atoms with Gasteiger partial charge in [-0.15, -0.1) is 0 Å². The van der Waals surface area contributed by atoms with Crippen LogP contribution in [-0.2, 0) is 19.6 Å². The van der Waals surface area contributed by atoms with Crippen molar-refractivity contribution in [2.45, 2.75) is 19.8 Å². The van der Waals surface area contributed by atoms with E-state index in [1.807, 2.05) is 0 Å². The van der Waals surface area contributed by atoms with Crippen molar-refractivity contribution < 1.29 is 27.1 Å². The lowest BCUT2D eigenvalue weighted by Crippen LogP contribution is -2.31. The summed E-state index contributed by atoms with van der Waals surface area (Å²) in [5, 5.41) is 2.85. The van der Waals surface area contributed by atoms with E-state index >= 15 is 0 Å². The molecule has 0 fully saturated rings. The summed E-state index contributed by atoms with van der Waals surface area (Å²) in [5.74, 6) is -1.43. The highest BCUT2D eigenvalue weighted by molar-refractivity contribution is 7.92. The van der Waals surface area contributed by atoms with Gasteiger partial charge in [0.05, 0.1) is 29.1 Å². The molecule has 10 heteroatoms. The van der Waals surface area contributed by atoms with Crippen molar-refractivity contribution in [1.82, 2.24) is 0 Å². The summed E-state index contributed by atoms with van der Waals surface area (Å²) in [6.07, 6.45) is 1.31.